The van der Waals surface area contributed by atoms with Crippen LogP contribution in [0.15, 0.2) is 52.0 Å². The van der Waals surface area contributed by atoms with Crippen LogP contribution in [0.25, 0.3) is 0 Å². The Morgan fingerprint density at radius 1 is 1.11 bits per heavy atom. The average molecular weight is 446 g/mol. The molecular formula is C21H21BrFN3O2. The van der Waals surface area contributed by atoms with E-state index in [0.29, 0.717) is 21.3 Å². The minimum absolute atomic E-state index is 0.0145. The number of carbonyl (C=O) groups is 2. The van der Waals surface area contributed by atoms with E-state index < -0.39 is 5.91 Å². The zero-order chi connectivity index (χ0) is 19.9. The van der Waals surface area contributed by atoms with E-state index in [1.165, 1.54) is 24.8 Å². The van der Waals surface area contributed by atoms with Gasteiger partial charge < -0.3 is 5.32 Å². The summed E-state index contributed by atoms with van der Waals surface area (Å²) in [5, 5.41) is 6.76. The largest absolute Gasteiger partial charge is 0.325 e. The fourth-order valence-corrected chi connectivity index (χ4v) is 3.59. The minimum atomic E-state index is -0.465. The van der Waals surface area contributed by atoms with Gasteiger partial charge in [-0.2, -0.15) is 5.10 Å². The van der Waals surface area contributed by atoms with Gasteiger partial charge in [0, 0.05) is 10.4 Å². The molecule has 0 atom stereocenters. The fourth-order valence-electron chi connectivity index (χ4n) is 3.23. The highest BCUT2D eigenvalue weighted by molar-refractivity contribution is 9.10. The number of halogens is 2. The number of hydrogen-bond acceptors (Lipinski definition) is 3. The molecule has 0 unspecified atom stereocenters. The van der Waals surface area contributed by atoms with E-state index in [1.54, 1.807) is 30.3 Å². The topological polar surface area (TPSA) is 70.6 Å². The Morgan fingerprint density at radius 2 is 1.89 bits per heavy atom. The van der Waals surface area contributed by atoms with E-state index in [9.17, 15) is 14.0 Å². The lowest BCUT2D eigenvalue weighted by Gasteiger charge is -2.21. The third-order valence-corrected chi connectivity index (χ3v) is 5.18. The normalized spacial score (nSPS) is 14.8. The molecule has 2 aromatic rings. The summed E-state index contributed by atoms with van der Waals surface area (Å²) in [5.74, 6) is -0.915. The van der Waals surface area contributed by atoms with Gasteiger partial charge in [0.2, 0.25) is 5.91 Å². The third kappa shape index (κ3) is 5.48. The Balaban J connectivity index is 1.70. The molecule has 0 aromatic heterocycles. The molecule has 2 N–H and O–H groups in total. The molecule has 2 amide bonds. The van der Waals surface area contributed by atoms with Gasteiger partial charge in [0.15, 0.2) is 0 Å². The highest BCUT2D eigenvalue weighted by Crippen LogP contribution is 2.27. The molecule has 0 aliphatic heterocycles. The first-order chi connectivity index (χ1) is 13.5. The Bertz CT molecular complexity index is 895. The second-order valence-corrected chi connectivity index (χ2v) is 7.68. The molecule has 0 bridgehead atoms. The molecule has 3 rings (SSSR count). The first kappa shape index (κ1) is 20.2. The van der Waals surface area contributed by atoms with Gasteiger partial charge in [-0.3, -0.25) is 9.59 Å². The highest BCUT2D eigenvalue weighted by Gasteiger charge is 2.22. The smallest absolute Gasteiger partial charge is 0.273 e. The molecule has 1 aliphatic rings. The van der Waals surface area contributed by atoms with E-state index in [4.69, 9.17) is 0 Å². The van der Waals surface area contributed by atoms with Crippen molar-refractivity contribution in [2.75, 3.05) is 5.32 Å². The lowest BCUT2D eigenvalue weighted by atomic mass is 9.88. The van der Waals surface area contributed by atoms with E-state index in [2.05, 4.69) is 31.8 Å². The highest BCUT2D eigenvalue weighted by atomic mass is 79.9. The van der Waals surface area contributed by atoms with Crippen LogP contribution in [0.5, 0.6) is 0 Å². The van der Waals surface area contributed by atoms with Crippen LogP contribution >= 0.6 is 15.9 Å². The van der Waals surface area contributed by atoms with Crippen molar-refractivity contribution in [1.82, 2.24) is 5.43 Å². The summed E-state index contributed by atoms with van der Waals surface area (Å²) < 4.78 is 13.9. The van der Waals surface area contributed by atoms with Crippen molar-refractivity contribution in [2.45, 2.75) is 32.1 Å². The van der Waals surface area contributed by atoms with Gasteiger partial charge in [-0.25, -0.2) is 9.82 Å². The second-order valence-electron chi connectivity index (χ2n) is 6.77. The number of nitrogens with zero attached hydrogens (tertiary/aromatic N) is 1. The van der Waals surface area contributed by atoms with Gasteiger partial charge in [0.25, 0.3) is 5.91 Å². The van der Waals surface area contributed by atoms with Crippen LogP contribution in [0.4, 0.5) is 10.1 Å². The van der Waals surface area contributed by atoms with Crippen molar-refractivity contribution in [1.29, 1.82) is 0 Å². The number of hydrogen-bond donors (Lipinski definition) is 2. The van der Waals surface area contributed by atoms with E-state index in [1.807, 2.05) is 0 Å². The summed E-state index contributed by atoms with van der Waals surface area (Å²) in [5.41, 5.74) is 3.69. The average Bonchev–Trinajstić information content (AvgIpc) is 2.70. The Hall–Kier alpha value is -2.54. The van der Waals surface area contributed by atoms with Gasteiger partial charge in [0.05, 0.1) is 17.5 Å². The molecule has 146 valence electrons. The molecule has 2 aromatic carbocycles. The molecule has 0 radical (unpaired) electrons. The molecule has 1 saturated carbocycles. The quantitative estimate of drug-likeness (QED) is 0.508. The summed E-state index contributed by atoms with van der Waals surface area (Å²) in [7, 11) is 0. The predicted octanol–water partition coefficient (Wildman–Crippen LogP) is 4.87. The van der Waals surface area contributed by atoms with Crippen molar-refractivity contribution in [3.8, 4) is 0 Å². The Morgan fingerprint density at radius 3 is 2.64 bits per heavy atom. The Kier molecular flexibility index (Phi) is 6.92. The third-order valence-electron chi connectivity index (χ3n) is 4.69. The molecule has 5 nitrogen and oxygen atoms in total. The van der Waals surface area contributed by atoms with E-state index in [-0.39, 0.29) is 17.6 Å². The number of benzene rings is 2. The van der Waals surface area contributed by atoms with Crippen molar-refractivity contribution in [2.24, 2.45) is 11.0 Å². The number of rotatable bonds is 5. The van der Waals surface area contributed by atoms with Crippen LogP contribution in [0.3, 0.4) is 0 Å². The monoisotopic (exact) mass is 445 g/mol. The summed E-state index contributed by atoms with van der Waals surface area (Å²) in [6.07, 6.45) is 6.39. The van der Waals surface area contributed by atoms with Crippen molar-refractivity contribution in [3.05, 3.63) is 63.9 Å². The summed E-state index contributed by atoms with van der Waals surface area (Å²) in [6.45, 7) is 0. The molecule has 1 fully saturated rings. The second kappa shape index (κ2) is 9.59. The molecular weight excluding hydrogens is 425 g/mol. The number of amides is 2. The molecule has 0 saturated heterocycles. The number of hydrazone groups is 1. The minimum Gasteiger partial charge on any atom is -0.325 e. The summed E-state index contributed by atoms with van der Waals surface area (Å²) >= 11 is 3.35. The number of anilines is 1. The molecule has 0 spiro atoms. The first-order valence-electron chi connectivity index (χ1n) is 9.22. The van der Waals surface area contributed by atoms with Gasteiger partial charge in [-0.1, -0.05) is 47.3 Å². The SMILES string of the molecule is O=C(N/N=C/c1cccc(F)c1)c1cc(Br)ccc1NC(=O)C1CCCCC1. The lowest BCUT2D eigenvalue weighted by molar-refractivity contribution is -0.120. The maximum atomic E-state index is 13.2. The fraction of sp³-hybridized carbons (Fsp3) is 0.286. The summed E-state index contributed by atoms with van der Waals surface area (Å²) in [6, 6.07) is 11.0. The molecule has 0 heterocycles. The van der Waals surface area contributed by atoms with Gasteiger partial charge in [0.1, 0.15) is 5.82 Å². The lowest BCUT2D eigenvalue weighted by Crippen LogP contribution is -2.27. The van der Waals surface area contributed by atoms with E-state index in [0.717, 1.165) is 25.7 Å². The van der Waals surface area contributed by atoms with Gasteiger partial charge >= 0.3 is 0 Å². The van der Waals surface area contributed by atoms with Crippen LogP contribution in [-0.4, -0.2) is 18.0 Å². The Labute approximate surface area is 171 Å². The number of carbonyl (C=O) groups excluding carboxylic acids is 2. The van der Waals surface area contributed by atoms with Crippen LogP contribution in [0.1, 0.15) is 48.0 Å². The standard InChI is InChI=1S/C21H21BrFN3O2/c22-16-9-10-19(25-20(27)15-6-2-1-3-7-15)18(12-16)21(28)26-24-13-14-5-4-8-17(23)11-14/h4-5,8-13,15H,1-3,6-7H2,(H,25,27)(H,26,28)/b24-13+. The molecule has 28 heavy (non-hydrogen) atoms. The van der Waals surface area contributed by atoms with Gasteiger partial charge in [-0.15, -0.1) is 0 Å². The molecule has 7 heteroatoms. The van der Waals surface area contributed by atoms with Crippen molar-refractivity contribution in [3.63, 3.8) is 0 Å². The van der Waals surface area contributed by atoms with Crippen LogP contribution in [0, 0.1) is 11.7 Å². The van der Waals surface area contributed by atoms with Gasteiger partial charge in [-0.05, 0) is 48.7 Å². The van der Waals surface area contributed by atoms with Crippen LogP contribution < -0.4 is 10.7 Å². The predicted molar refractivity (Wildman–Crippen MR) is 111 cm³/mol. The first-order valence-corrected chi connectivity index (χ1v) is 10.0. The summed E-state index contributed by atoms with van der Waals surface area (Å²) in [4.78, 5) is 25.1. The van der Waals surface area contributed by atoms with Crippen molar-refractivity contribution < 1.29 is 14.0 Å². The zero-order valence-corrected chi connectivity index (χ0v) is 16.8. The number of nitrogens with one attached hydrogen (secondary N) is 2. The van der Waals surface area contributed by atoms with Crippen LogP contribution in [0.2, 0.25) is 0 Å². The van der Waals surface area contributed by atoms with Crippen molar-refractivity contribution >= 4 is 39.6 Å². The molecule has 1 aliphatic carbocycles. The van der Waals surface area contributed by atoms with E-state index >= 15 is 0 Å². The van der Waals surface area contributed by atoms with Crippen LogP contribution in [-0.2, 0) is 4.79 Å². The maximum absolute atomic E-state index is 13.2. The maximum Gasteiger partial charge on any atom is 0.273 e. The zero-order valence-electron chi connectivity index (χ0n) is 15.3.